The van der Waals surface area contributed by atoms with Gasteiger partial charge in [-0.2, -0.15) is 0 Å². The molecule has 16 heavy (non-hydrogen) atoms. The Hall–Kier alpha value is -2.17. The Morgan fingerprint density at radius 3 is 2.69 bits per heavy atom. The standard InChI is InChI=1S/C11H9FO4/c1-16-9(13)6-5-7-3-2-4-8(12)10(7)11(14)15/h2-6H,1H3,(H,14,15). The lowest BCUT2D eigenvalue weighted by Gasteiger charge is -2.01. The maximum absolute atomic E-state index is 13.2. The summed E-state index contributed by atoms with van der Waals surface area (Å²) in [7, 11) is 1.19. The van der Waals surface area contributed by atoms with Crippen molar-refractivity contribution in [2.75, 3.05) is 7.11 Å². The number of methoxy groups -OCH3 is 1. The molecule has 0 aliphatic heterocycles. The third-order valence-electron chi connectivity index (χ3n) is 1.86. The molecule has 0 fully saturated rings. The van der Waals surface area contributed by atoms with E-state index in [1.807, 2.05) is 0 Å². The predicted molar refractivity (Wildman–Crippen MR) is 54.4 cm³/mol. The van der Waals surface area contributed by atoms with E-state index in [1.54, 1.807) is 0 Å². The second-order valence-electron chi connectivity index (χ2n) is 2.87. The maximum Gasteiger partial charge on any atom is 0.339 e. The number of benzene rings is 1. The van der Waals surface area contributed by atoms with Gasteiger partial charge in [0.2, 0.25) is 0 Å². The van der Waals surface area contributed by atoms with Gasteiger partial charge in [0.1, 0.15) is 11.4 Å². The monoisotopic (exact) mass is 224 g/mol. The Morgan fingerprint density at radius 2 is 2.12 bits per heavy atom. The molecule has 5 heteroatoms. The van der Waals surface area contributed by atoms with Gasteiger partial charge in [0, 0.05) is 6.08 Å². The lowest BCUT2D eigenvalue weighted by Crippen LogP contribution is -2.03. The van der Waals surface area contributed by atoms with Crippen LogP contribution in [0, 0.1) is 5.82 Å². The van der Waals surface area contributed by atoms with Gasteiger partial charge in [0.25, 0.3) is 0 Å². The molecule has 0 aliphatic carbocycles. The number of hydrogen-bond donors (Lipinski definition) is 1. The topological polar surface area (TPSA) is 63.6 Å². The van der Waals surface area contributed by atoms with Crippen molar-refractivity contribution in [2.45, 2.75) is 0 Å². The first-order valence-electron chi connectivity index (χ1n) is 4.34. The lowest BCUT2D eigenvalue weighted by molar-refractivity contribution is -0.134. The van der Waals surface area contributed by atoms with Crippen molar-refractivity contribution in [3.8, 4) is 0 Å². The number of carbonyl (C=O) groups excluding carboxylic acids is 1. The summed E-state index contributed by atoms with van der Waals surface area (Å²) in [5.41, 5.74) is -0.361. The van der Waals surface area contributed by atoms with Crippen LogP contribution >= 0.6 is 0 Å². The zero-order chi connectivity index (χ0) is 12.1. The van der Waals surface area contributed by atoms with Crippen molar-refractivity contribution in [3.63, 3.8) is 0 Å². The molecule has 84 valence electrons. The van der Waals surface area contributed by atoms with Crippen LogP contribution in [-0.4, -0.2) is 24.2 Å². The number of esters is 1. The Labute approximate surface area is 91.0 Å². The van der Waals surface area contributed by atoms with Crippen molar-refractivity contribution in [1.29, 1.82) is 0 Å². The first-order chi connectivity index (χ1) is 7.56. The molecule has 0 unspecified atom stereocenters. The molecule has 0 atom stereocenters. The molecule has 1 N–H and O–H groups in total. The van der Waals surface area contributed by atoms with Crippen LogP contribution in [0.5, 0.6) is 0 Å². The zero-order valence-corrected chi connectivity index (χ0v) is 8.44. The summed E-state index contributed by atoms with van der Waals surface area (Å²) in [6.07, 6.45) is 2.22. The molecule has 0 amide bonds. The highest BCUT2D eigenvalue weighted by Crippen LogP contribution is 2.15. The van der Waals surface area contributed by atoms with Gasteiger partial charge in [-0.3, -0.25) is 0 Å². The van der Waals surface area contributed by atoms with Crippen LogP contribution in [0.3, 0.4) is 0 Å². The molecule has 0 bridgehead atoms. The molecule has 4 nitrogen and oxygen atoms in total. The van der Waals surface area contributed by atoms with Gasteiger partial charge in [0.15, 0.2) is 0 Å². The lowest BCUT2D eigenvalue weighted by atomic mass is 10.1. The second-order valence-corrected chi connectivity index (χ2v) is 2.87. The van der Waals surface area contributed by atoms with Crippen molar-refractivity contribution in [3.05, 3.63) is 41.2 Å². The summed E-state index contributed by atoms with van der Waals surface area (Å²) in [5, 5.41) is 8.78. The minimum atomic E-state index is -1.39. The largest absolute Gasteiger partial charge is 0.478 e. The zero-order valence-electron chi connectivity index (χ0n) is 8.44. The van der Waals surface area contributed by atoms with E-state index < -0.39 is 23.3 Å². The molecular weight excluding hydrogens is 215 g/mol. The fourth-order valence-electron chi connectivity index (χ4n) is 1.13. The van der Waals surface area contributed by atoms with Gasteiger partial charge in [0.05, 0.1) is 7.11 Å². The average molecular weight is 224 g/mol. The number of halogens is 1. The number of aromatic carboxylic acids is 1. The van der Waals surface area contributed by atoms with E-state index in [0.29, 0.717) is 0 Å². The molecule has 0 spiro atoms. The minimum Gasteiger partial charge on any atom is -0.478 e. The van der Waals surface area contributed by atoms with Gasteiger partial charge < -0.3 is 9.84 Å². The highest BCUT2D eigenvalue weighted by Gasteiger charge is 2.13. The normalized spacial score (nSPS) is 10.4. The van der Waals surface area contributed by atoms with Crippen LogP contribution in [0.15, 0.2) is 24.3 Å². The molecule has 1 rings (SSSR count). The summed E-state index contributed by atoms with van der Waals surface area (Å²) in [6.45, 7) is 0. The van der Waals surface area contributed by atoms with Gasteiger partial charge in [-0.1, -0.05) is 12.1 Å². The van der Waals surface area contributed by atoms with Crippen molar-refractivity contribution in [1.82, 2.24) is 0 Å². The molecule has 0 saturated carbocycles. The summed E-state index contributed by atoms with van der Waals surface area (Å²) < 4.78 is 17.5. The van der Waals surface area contributed by atoms with Crippen LogP contribution in [0.25, 0.3) is 6.08 Å². The fourth-order valence-corrected chi connectivity index (χ4v) is 1.13. The molecule has 0 radical (unpaired) electrons. The van der Waals surface area contributed by atoms with Crippen LogP contribution in [-0.2, 0) is 9.53 Å². The molecule has 0 aromatic heterocycles. The Morgan fingerprint density at radius 1 is 1.44 bits per heavy atom. The van der Waals surface area contributed by atoms with Crippen LogP contribution in [0.2, 0.25) is 0 Å². The summed E-state index contributed by atoms with van der Waals surface area (Å²) >= 11 is 0. The quantitative estimate of drug-likeness (QED) is 0.627. The summed E-state index contributed by atoms with van der Waals surface area (Å²) in [4.78, 5) is 21.6. The van der Waals surface area contributed by atoms with E-state index in [9.17, 15) is 14.0 Å². The number of carboxylic acid groups (broad SMARTS) is 1. The SMILES string of the molecule is COC(=O)C=Cc1cccc(F)c1C(=O)O. The average Bonchev–Trinajstić information content (AvgIpc) is 2.25. The van der Waals surface area contributed by atoms with Crippen LogP contribution in [0.1, 0.15) is 15.9 Å². The predicted octanol–water partition coefficient (Wildman–Crippen LogP) is 1.71. The highest BCUT2D eigenvalue weighted by molar-refractivity contribution is 5.95. The Balaban J connectivity index is 3.14. The first kappa shape index (κ1) is 11.9. The van der Waals surface area contributed by atoms with E-state index >= 15 is 0 Å². The van der Waals surface area contributed by atoms with Gasteiger partial charge in [-0.15, -0.1) is 0 Å². The number of carbonyl (C=O) groups is 2. The van der Waals surface area contributed by atoms with E-state index in [2.05, 4.69) is 4.74 Å². The van der Waals surface area contributed by atoms with Crippen LogP contribution in [0.4, 0.5) is 4.39 Å². The molecule has 0 heterocycles. The minimum absolute atomic E-state index is 0.109. The number of carboxylic acids is 1. The maximum atomic E-state index is 13.2. The first-order valence-corrected chi connectivity index (χ1v) is 4.34. The van der Waals surface area contributed by atoms with Crippen LogP contribution < -0.4 is 0 Å². The molecule has 1 aromatic rings. The van der Waals surface area contributed by atoms with E-state index in [-0.39, 0.29) is 5.56 Å². The van der Waals surface area contributed by atoms with Crippen molar-refractivity contribution in [2.24, 2.45) is 0 Å². The Kier molecular flexibility index (Phi) is 3.77. The molecule has 0 aliphatic rings. The van der Waals surface area contributed by atoms with Gasteiger partial charge >= 0.3 is 11.9 Å². The second kappa shape index (κ2) is 5.06. The van der Waals surface area contributed by atoms with Gasteiger partial charge in [-0.25, -0.2) is 14.0 Å². The summed E-state index contributed by atoms with van der Waals surface area (Å²) in [5.74, 6) is -2.87. The van der Waals surface area contributed by atoms with Crippen molar-refractivity contribution >= 4 is 18.0 Å². The highest BCUT2D eigenvalue weighted by atomic mass is 19.1. The van der Waals surface area contributed by atoms with Crippen molar-refractivity contribution < 1.29 is 23.8 Å². The van der Waals surface area contributed by atoms with E-state index in [1.165, 1.54) is 25.3 Å². The molecular formula is C11H9FO4. The fraction of sp³-hybridized carbons (Fsp3) is 0.0909. The number of rotatable bonds is 3. The third-order valence-corrected chi connectivity index (χ3v) is 1.86. The Bertz CT molecular complexity index is 451. The molecule has 0 saturated heterocycles. The van der Waals surface area contributed by atoms with E-state index in [4.69, 9.17) is 5.11 Å². The number of ether oxygens (including phenoxy) is 1. The summed E-state index contributed by atoms with van der Waals surface area (Å²) in [6, 6.07) is 3.80. The third kappa shape index (κ3) is 2.66. The molecule has 1 aromatic carbocycles. The van der Waals surface area contributed by atoms with Gasteiger partial charge in [-0.05, 0) is 17.7 Å². The smallest absolute Gasteiger partial charge is 0.339 e. The number of hydrogen-bond acceptors (Lipinski definition) is 3. The van der Waals surface area contributed by atoms with E-state index in [0.717, 1.165) is 12.1 Å².